The van der Waals surface area contributed by atoms with E-state index in [0.717, 1.165) is 65.1 Å². The largest absolute Gasteiger partial charge is 0.490 e. The van der Waals surface area contributed by atoms with E-state index in [1.54, 1.807) is 6.92 Å². The standard InChI is InChI=1S/C19H33N3O2.C2HF3O2/c1-5-21-11-8-19(17(21)24)14-20(12-15(2)3)13-18(19)6-9-22(10-7-18)16(4)23;3-2(4,5)1(6)7/h15H,5-14H2,1-4H3;(H,6,7). The highest BCUT2D eigenvalue weighted by Gasteiger charge is 2.64. The molecule has 0 radical (unpaired) electrons. The summed E-state index contributed by atoms with van der Waals surface area (Å²) in [6.45, 7) is 14.6. The zero-order valence-electron chi connectivity index (χ0n) is 18.8. The Kier molecular flexibility index (Phi) is 7.66. The fourth-order valence-electron chi connectivity index (χ4n) is 5.49. The number of hydrogen-bond acceptors (Lipinski definition) is 4. The number of nitrogens with zero attached hydrogens (tertiary/aromatic N) is 3. The quantitative estimate of drug-likeness (QED) is 0.716. The highest BCUT2D eigenvalue weighted by Crippen LogP contribution is 2.57. The number of alkyl halides is 3. The van der Waals surface area contributed by atoms with Crippen LogP contribution in [0.1, 0.15) is 47.0 Å². The molecule has 1 N–H and O–H groups in total. The third-order valence-electron chi connectivity index (χ3n) is 6.95. The van der Waals surface area contributed by atoms with E-state index < -0.39 is 12.1 Å². The Morgan fingerprint density at radius 3 is 2.03 bits per heavy atom. The van der Waals surface area contributed by atoms with Gasteiger partial charge in [0.2, 0.25) is 11.8 Å². The number of hydrogen-bond donors (Lipinski definition) is 1. The minimum absolute atomic E-state index is 0.0643. The van der Waals surface area contributed by atoms with E-state index in [1.807, 2.05) is 4.90 Å². The zero-order chi connectivity index (χ0) is 23.6. The summed E-state index contributed by atoms with van der Waals surface area (Å²) in [5.41, 5.74) is -0.143. The number of likely N-dealkylation sites (tertiary alicyclic amines) is 3. The molecule has 31 heavy (non-hydrogen) atoms. The van der Waals surface area contributed by atoms with Crippen LogP contribution in [0.5, 0.6) is 0 Å². The number of amides is 2. The molecule has 0 saturated carbocycles. The maximum absolute atomic E-state index is 13.3. The van der Waals surface area contributed by atoms with E-state index in [2.05, 4.69) is 30.6 Å². The number of carbonyl (C=O) groups excluding carboxylic acids is 2. The van der Waals surface area contributed by atoms with Gasteiger partial charge in [-0.1, -0.05) is 13.8 Å². The number of carbonyl (C=O) groups is 3. The van der Waals surface area contributed by atoms with Gasteiger partial charge in [0.1, 0.15) is 0 Å². The SMILES string of the molecule is CCN1CCC2(CN(CC(C)C)CC23CCN(C(C)=O)CC3)C1=O.O=C(O)C(F)(F)F. The first-order valence-electron chi connectivity index (χ1n) is 10.9. The first-order chi connectivity index (χ1) is 14.3. The maximum atomic E-state index is 13.3. The molecule has 3 saturated heterocycles. The highest BCUT2D eigenvalue weighted by atomic mass is 19.4. The Morgan fingerprint density at radius 1 is 1.10 bits per heavy atom. The summed E-state index contributed by atoms with van der Waals surface area (Å²) in [7, 11) is 0. The Balaban J connectivity index is 0.000000423. The number of piperidine rings is 1. The molecule has 3 aliphatic heterocycles. The van der Waals surface area contributed by atoms with E-state index in [-0.39, 0.29) is 16.7 Å². The molecule has 7 nitrogen and oxygen atoms in total. The van der Waals surface area contributed by atoms with E-state index in [4.69, 9.17) is 9.90 Å². The molecule has 10 heteroatoms. The van der Waals surface area contributed by atoms with Crippen LogP contribution in [0.15, 0.2) is 0 Å². The summed E-state index contributed by atoms with van der Waals surface area (Å²) < 4.78 is 31.7. The smallest absolute Gasteiger partial charge is 0.475 e. The average Bonchev–Trinajstić information content (AvgIpc) is 3.13. The fraction of sp³-hybridized carbons (Fsp3) is 0.857. The number of halogens is 3. The second-order valence-corrected chi connectivity index (χ2v) is 9.37. The Morgan fingerprint density at radius 2 is 1.65 bits per heavy atom. The molecule has 3 heterocycles. The molecule has 2 amide bonds. The molecule has 0 aromatic carbocycles. The number of carboxylic acid groups (broad SMARTS) is 1. The highest BCUT2D eigenvalue weighted by molar-refractivity contribution is 5.86. The molecular formula is C21H34F3N3O4. The van der Waals surface area contributed by atoms with Gasteiger partial charge in [-0.3, -0.25) is 9.59 Å². The molecule has 178 valence electrons. The Labute approximate surface area is 181 Å². The van der Waals surface area contributed by atoms with E-state index in [1.165, 1.54) is 0 Å². The lowest BCUT2D eigenvalue weighted by Gasteiger charge is -2.47. The lowest BCUT2D eigenvalue weighted by Crippen LogP contribution is -2.53. The zero-order valence-corrected chi connectivity index (χ0v) is 18.8. The predicted molar refractivity (Wildman–Crippen MR) is 108 cm³/mol. The van der Waals surface area contributed by atoms with E-state index in [9.17, 15) is 22.8 Å². The van der Waals surface area contributed by atoms with Crippen molar-refractivity contribution >= 4 is 17.8 Å². The van der Waals surface area contributed by atoms with Crippen molar-refractivity contribution < 1.29 is 32.7 Å². The number of rotatable bonds is 3. The monoisotopic (exact) mass is 449 g/mol. The van der Waals surface area contributed by atoms with Crippen molar-refractivity contribution in [2.45, 2.75) is 53.1 Å². The molecule has 0 bridgehead atoms. The summed E-state index contributed by atoms with van der Waals surface area (Å²) in [5, 5.41) is 7.12. The van der Waals surface area contributed by atoms with Crippen LogP contribution in [0.4, 0.5) is 13.2 Å². The second kappa shape index (κ2) is 9.34. The molecule has 1 unspecified atom stereocenters. The van der Waals surface area contributed by atoms with Gasteiger partial charge in [0, 0.05) is 58.2 Å². The number of fused-ring (bicyclic) bond motifs is 1. The summed E-state index contributed by atoms with van der Waals surface area (Å²) in [6, 6.07) is 0. The molecule has 1 atom stereocenters. The summed E-state index contributed by atoms with van der Waals surface area (Å²) in [5.74, 6) is -1.59. The van der Waals surface area contributed by atoms with Crippen molar-refractivity contribution in [3.63, 3.8) is 0 Å². The van der Waals surface area contributed by atoms with Crippen molar-refractivity contribution in [2.24, 2.45) is 16.7 Å². The maximum Gasteiger partial charge on any atom is 0.490 e. The van der Waals surface area contributed by atoms with Crippen molar-refractivity contribution in [1.82, 2.24) is 14.7 Å². The van der Waals surface area contributed by atoms with E-state index >= 15 is 0 Å². The van der Waals surface area contributed by atoms with Crippen LogP contribution in [0, 0.1) is 16.7 Å². The van der Waals surface area contributed by atoms with Gasteiger partial charge in [0.25, 0.3) is 0 Å². The Bertz CT molecular complexity index is 690. The van der Waals surface area contributed by atoms with Gasteiger partial charge in [0.15, 0.2) is 0 Å². The van der Waals surface area contributed by atoms with Gasteiger partial charge in [-0.15, -0.1) is 0 Å². The second-order valence-electron chi connectivity index (χ2n) is 9.37. The minimum Gasteiger partial charge on any atom is -0.475 e. The fourth-order valence-corrected chi connectivity index (χ4v) is 5.49. The van der Waals surface area contributed by atoms with Gasteiger partial charge < -0.3 is 19.8 Å². The molecule has 3 aliphatic rings. The number of carboxylic acids is 1. The van der Waals surface area contributed by atoms with Crippen LogP contribution < -0.4 is 0 Å². The Hall–Kier alpha value is -1.84. The van der Waals surface area contributed by atoms with Gasteiger partial charge in [-0.2, -0.15) is 13.2 Å². The summed E-state index contributed by atoms with van der Waals surface area (Å²) in [6.07, 6.45) is -2.14. The van der Waals surface area contributed by atoms with Crippen molar-refractivity contribution in [3.05, 3.63) is 0 Å². The van der Waals surface area contributed by atoms with Crippen molar-refractivity contribution in [3.8, 4) is 0 Å². The predicted octanol–water partition coefficient (Wildman–Crippen LogP) is 2.46. The molecule has 3 rings (SSSR count). The molecular weight excluding hydrogens is 415 g/mol. The summed E-state index contributed by atoms with van der Waals surface area (Å²) >= 11 is 0. The van der Waals surface area contributed by atoms with Crippen molar-refractivity contribution in [2.75, 3.05) is 45.8 Å². The lowest BCUT2D eigenvalue weighted by atomic mass is 9.60. The molecule has 0 aliphatic carbocycles. The van der Waals surface area contributed by atoms with Gasteiger partial charge in [-0.25, -0.2) is 4.79 Å². The van der Waals surface area contributed by atoms with Crippen LogP contribution in [0.25, 0.3) is 0 Å². The average molecular weight is 450 g/mol. The van der Waals surface area contributed by atoms with Crippen LogP contribution in [0.2, 0.25) is 0 Å². The van der Waals surface area contributed by atoms with Crippen LogP contribution in [-0.4, -0.2) is 89.6 Å². The van der Waals surface area contributed by atoms with Crippen molar-refractivity contribution in [1.29, 1.82) is 0 Å². The summed E-state index contributed by atoms with van der Waals surface area (Å²) in [4.78, 5) is 40.5. The van der Waals surface area contributed by atoms with Gasteiger partial charge >= 0.3 is 12.1 Å². The molecule has 0 aromatic rings. The third-order valence-corrected chi connectivity index (χ3v) is 6.95. The van der Waals surface area contributed by atoms with Crippen LogP contribution >= 0.6 is 0 Å². The van der Waals surface area contributed by atoms with E-state index in [0.29, 0.717) is 11.8 Å². The first-order valence-corrected chi connectivity index (χ1v) is 10.9. The molecule has 2 spiro atoms. The van der Waals surface area contributed by atoms with Gasteiger partial charge in [-0.05, 0) is 32.1 Å². The lowest BCUT2D eigenvalue weighted by molar-refractivity contribution is -0.192. The topological polar surface area (TPSA) is 81.2 Å². The minimum atomic E-state index is -5.08. The normalized spacial score (nSPS) is 26.0. The molecule has 3 fully saturated rings. The number of aliphatic carboxylic acids is 1. The van der Waals surface area contributed by atoms with Crippen LogP contribution in [-0.2, 0) is 14.4 Å². The first kappa shape index (κ1) is 25.4. The molecule has 0 aromatic heterocycles. The van der Waals surface area contributed by atoms with Crippen LogP contribution in [0.3, 0.4) is 0 Å². The van der Waals surface area contributed by atoms with Gasteiger partial charge in [0.05, 0.1) is 5.41 Å². The third kappa shape index (κ3) is 5.15.